The van der Waals surface area contributed by atoms with Crippen LogP contribution in [0.25, 0.3) is 11.1 Å². The van der Waals surface area contributed by atoms with Gasteiger partial charge < -0.3 is 10.4 Å². The summed E-state index contributed by atoms with van der Waals surface area (Å²) in [6.07, 6.45) is -4.69. The van der Waals surface area contributed by atoms with Gasteiger partial charge in [0, 0.05) is 0 Å². The van der Waals surface area contributed by atoms with Gasteiger partial charge in [0.1, 0.15) is 5.69 Å². The van der Waals surface area contributed by atoms with Crippen LogP contribution in [-0.4, -0.2) is 27.2 Å². The number of carbonyl (C=O) groups excluding carboxylic acids is 1. The number of nitrogens with zero attached hydrogens (tertiary/aromatic N) is 1. The smallest absolute Gasteiger partial charge is 0.433 e. The van der Waals surface area contributed by atoms with Crippen molar-refractivity contribution in [3.63, 3.8) is 0 Å². The van der Waals surface area contributed by atoms with Crippen LogP contribution in [-0.2, 0) is 15.8 Å². The van der Waals surface area contributed by atoms with Gasteiger partial charge in [0.25, 0.3) is 0 Å². The van der Waals surface area contributed by atoms with E-state index in [1.807, 2.05) is 5.10 Å². The second-order valence-electron chi connectivity index (χ2n) is 6.79. The largest absolute Gasteiger partial charge is 0.481 e. The van der Waals surface area contributed by atoms with Crippen LogP contribution in [0.5, 0.6) is 0 Å². The molecule has 1 saturated carbocycles. The molecular formula is C17H16F3N3O3. The van der Waals surface area contributed by atoms with Crippen molar-refractivity contribution < 1.29 is 27.9 Å². The van der Waals surface area contributed by atoms with E-state index in [0.717, 1.165) is 0 Å². The van der Waals surface area contributed by atoms with Crippen molar-refractivity contribution in [1.29, 1.82) is 0 Å². The molecule has 3 N–H and O–H groups in total. The summed E-state index contributed by atoms with van der Waals surface area (Å²) in [5, 5.41) is 17.1. The Bertz CT molecular complexity index is 859. The quantitative estimate of drug-likeness (QED) is 0.772. The molecule has 1 amide bonds. The Kier molecular flexibility index (Phi) is 4.05. The summed E-state index contributed by atoms with van der Waals surface area (Å²) in [4.78, 5) is 23.7. The zero-order chi connectivity index (χ0) is 19.3. The summed E-state index contributed by atoms with van der Waals surface area (Å²) in [5.41, 5.74) is -1.90. The fourth-order valence-corrected chi connectivity index (χ4v) is 3.31. The van der Waals surface area contributed by atoms with Crippen LogP contribution in [0.3, 0.4) is 0 Å². The fourth-order valence-electron chi connectivity index (χ4n) is 3.31. The highest BCUT2D eigenvalue weighted by Gasteiger charge is 2.66. The van der Waals surface area contributed by atoms with Crippen molar-refractivity contribution in [2.24, 2.45) is 17.3 Å². The lowest BCUT2D eigenvalue weighted by atomic mass is 10.0. The molecule has 3 rings (SSSR count). The van der Waals surface area contributed by atoms with Gasteiger partial charge in [-0.1, -0.05) is 44.2 Å². The number of alkyl halides is 3. The lowest BCUT2D eigenvalue weighted by Gasteiger charge is -2.10. The Hall–Kier alpha value is -2.84. The number of carbonyl (C=O) groups is 2. The van der Waals surface area contributed by atoms with Gasteiger partial charge in [-0.25, -0.2) is 0 Å². The molecule has 2 aromatic rings. The highest BCUT2D eigenvalue weighted by atomic mass is 19.4. The zero-order valence-electron chi connectivity index (χ0n) is 13.9. The van der Waals surface area contributed by atoms with Crippen LogP contribution in [0.1, 0.15) is 19.5 Å². The summed E-state index contributed by atoms with van der Waals surface area (Å²) in [6, 6.07) is 7.73. The number of aromatic nitrogens is 2. The Morgan fingerprint density at radius 2 is 1.81 bits per heavy atom. The molecule has 0 saturated heterocycles. The van der Waals surface area contributed by atoms with E-state index in [9.17, 15) is 22.8 Å². The number of carboxylic acid groups (broad SMARTS) is 1. The summed E-state index contributed by atoms with van der Waals surface area (Å²) in [5.74, 6) is -3.78. The highest BCUT2D eigenvalue weighted by Crippen LogP contribution is 2.58. The van der Waals surface area contributed by atoms with Crippen molar-refractivity contribution in [1.82, 2.24) is 10.2 Å². The van der Waals surface area contributed by atoms with Gasteiger partial charge in [0.15, 0.2) is 5.82 Å². The molecule has 1 heterocycles. The third-order valence-electron chi connectivity index (χ3n) is 4.73. The first-order valence-electron chi connectivity index (χ1n) is 7.79. The van der Waals surface area contributed by atoms with Crippen molar-refractivity contribution in [2.75, 3.05) is 5.32 Å². The number of hydrogen-bond donors (Lipinski definition) is 3. The lowest BCUT2D eigenvalue weighted by Crippen LogP contribution is -2.18. The maximum atomic E-state index is 13.3. The molecule has 9 heteroatoms. The van der Waals surface area contributed by atoms with E-state index in [1.165, 1.54) is 12.1 Å². The molecule has 138 valence electrons. The first-order chi connectivity index (χ1) is 12.0. The maximum absolute atomic E-state index is 13.3. The number of H-pyrrole nitrogens is 1. The molecule has 1 aliphatic rings. The minimum atomic E-state index is -4.69. The predicted molar refractivity (Wildman–Crippen MR) is 86.1 cm³/mol. The molecule has 2 atom stereocenters. The molecule has 26 heavy (non-hydrogen) atoms. The van der Waals surface area contributed by atoms with Gasteiger partial charge in [0.2, 0.25) is 5.91 Å². The second kappa shape index (κ2) is 5.86. The van der Waals surface area contributed by atoms with Crippen LogP contribution in [0.4, 0.5) is 19.0 Å². The molecule has 0 aliphatic heterocycles. The molecular weight excluding hydrogens is 351 g/mol. The summed E-state index contributed by atoms with van der Waals surface area (Å²) in [6.45, 7) is 3.25. The van der Waals surface area contributed by atoms with Crippen LogP contribution < -0.4 is 5.32 Å². The zero-order valence-corrected chi connectivity index (χ0v) is 13.9. The summed E-state index contributed by atoms with van der Waals surface area (Å²) in [7, 11) is 0. The monoisotopic (exact) mass is 367 g/mol. The number of benzene rings is 1. The van der Waals surface area contributed by atoms with Gasteiger partial charge in [-0.3, -0.25) is 14.7 Å². The number of rotatable bonds is 4. The molecule has 6 nitrogen and oxygen atoms in total. The van der Waals surface area contributed by atoms with Gasteiger partial charge in [-0.2, -0.15) is 18.3 Å². The number of carboxylic acids is 1. The van der Waals surface area contributed by atoms with Gasteiger partial charge in [0.05, 0.1) is 17.4 Å². The fraction of sp³-hybridized carbons (Fsp3) is 0.353. The Labute approximate surface area is 146 Å². The number of anilines is 1. The van der Waals surface area contributed by atoms with Crippen molar-refractivity contribution in [3.8, 4) is 11.1 Å². The van der Waals surface area contributed by atoms with Crippen molar-refractivity contribution in [3.05, 3.63) is 36.0 Å². The van der Waals surface area contributed by atoms with Crippen LogP contribution in [0, 0.1) is 17.3 Å². The van der Waals surface area contributed by atoms with E-state index in [-0.39, 0.29) is 16.9 Å². The first kappa shape index (κ1) is 18.0. The molecule has 1 aliphatic carbocycles. The van der Waals surface area contributed by atoms with E-state index in [4.69, 9.17) is 5.11 Å². The van der Waals surface area contributed by atoms with E-state index < -0.39 is 41.0 Å². The minimum absolute atomic E-state index is 0.230. The molecule has 1 aromatic heterocycles. The molecule has 1 aromatic carbocycles. The van der Waals surface area contributed by atoms with E-state index in [1.54, 1.807) is 32.0 Å². The van der Waals surface area contributed by atoms with Crippen molar-refractivity contribution >= 4 is 17.7 Å². The topological polar surface area (TPSA) is 95.1 Å². The van der Waals surface area contributed by atoms with Crippen LogP contribution in [0.15, 0.2) is 30.3 Å². The Morgan fingerprint density at radius 3 is 2.31 bits per heavy atom. The van der Waals surface area contributed by atoms with E-state index in [2.05, 4.69) is 10.4 Å². The Morgan fingerprint density at radius 1 is 1.19 bits per heavy atom. The third-order valence-corrected chi connectivity index (χ3v) is 4.73. The second-order valence-corrected chi connectivity index (χ2v) is 6.79. The molecule has 0 radical (unpaired) electrons. The Balaban J connectivity index is 1.96. The van der Waals surface area contributed by atoms with Gasteiger partial charge >= 0.3 is 12.1 Å². The molecule has 0 spiro atoms. The molecule has 0 bridgehead atoms. The van der Waals surface area contributed by atoms with Gasteiger partial charge in [-0.15, -0.1) is 0 Å². The number of hydrogen-bond acceptors (Lipinski definition) is 3. The number of halogens is 3. The molecule has 0 unspecified atom stereocenters. The predicted octanol–water partition coefficient (Wildman–Crippen LogP) is 3.39. The first-order valence-corrected chi connectivity index (χ1v) is 7.79. The normalized spacial score (nSPS) is 21.3. The molecule has 1 fully saturated rings. The minimum Gasteiger partial charge on any atom is -0.481 e. The lowest BCUT2D eigenvalue weighted by molar-refractivity contribution is -0.141. The number of aromatic amines is 1. The van der Waals surface area contributed by atoms with E-state index in [0.29, 0.717) is 0 Å². The summed E-state index contributed by atoms with van der Waals surface area (Å²) < 4.78 is 39.9. The van der Waals surface area contributed by atoms with E-state index >= 15 is 0 Å². The number of nitrogens with one attached hydrogen (secondary N) is 2. The SMILES string of the molecule is CC1(C)[C@H](C(=O)O)[C@@H]1C(=O)Nc1n[nH]c(C(F)(F)F)c1-c1ccccc1. The van der Waals surface area contributed by atoms with Crippen molar-refractivity contribution in [2.45, 2.75) is 20.0 Å². The average Bonchev–Trinajstić information content (AvgIpc) is 2.90. The average molecular weight is 367 g/mol. The van der Waals surface area contributed by atoms with Gasteiger partial charge in [-0.05, 0) is 11.0 Å². The number of aliphatic carboxylic acids is 1. The third kappa shape index (κ3) is 2.93. The maximum Gasteiger partial charge on any atom is 0.433 e. The number of amides is 1. The van der Waals surface area contributed by atoms with Crippen LogP contribution >= 0.6 is 0 Å². The highest BCUT2D eigenvalue weighted by molar-refractivity contribution is 6.01. The summed E-state index contributed by atoms with van der Waals surface area (Å²) >= 11 is 0. The standard InChI is InChI=1S/C17H16F3N3O3/c1-16(2)10(11(16)15(25)26)14(24)21-13-9(8-6-4-3-5-7-8)12(22-23-13)17(18,19)20/h3-7,10-11H,1-2H3,(H,25,26)(H2,21,22,23,24)/t10-,11+/m1/s1. The van der Waals surface area contributed by atoms with Crippen LogP contribution in [0.2, 0.25) is 0 Å².